The van der Waals surface area contributed by atoms with Gasteiger partial charge >= 0.3 is 0 Å². The van der Waals surface area contributed by atoms with Gasteiger partial charge in [0.1, 0.15) is 0 Å². The Morgan fingerprint density at radius 2 is 2.47 bits per heavy atom. The van der Waals surface area contributed by atoms with E-state index in [0.717, 1.165) is 13.2 Å². The Morgan fingerprint density at radius 1 is 1.59 bits per heavy atom. The highest BCUT2D eigenvalue weighted by Crippen LogP contribution is 2.57. The summed E-state index contributed by atoms with van der Waals surface area (Å²) >= 11 is 0. The molecule has 2 fully saturated rings. The summed E-state index contributed by atoms with van der Waals surface area (Å²) in [5.74, 6) is 0. The van der Waals surface area contributed by atoms with Gasteiger partial charge in [0.2, 0.25) is 0 Å². The predicted octanol–water partition coefficient (Wildman–Crippen LogP) is 1.85. The molecule has 94 valence electrons. The number of nitrogens with one attached hydrogen (secondary N) is 2. The van der Waals surface area contributed by atoms with E-state index in [9.17, 15) is 0 Å². The van der Waals surface area contributed by atoms with Crippen LogP contribution in [0.2, 0.25) is 0 Å². The van der Waals surface area contributed by atoms with Crippen LogP contribution >= 0.6 is 0 Å². The Morgan fingerprint density at radius 3 is 3.06 bits per heavy atom. The van der Waals surface area contributed by atoms with E-state index in [1.54, 1.807) is 6.33 Å². The van der Waals surface area contributed by atoms with Gasteiger partial charge in [0, 0.05) is 36.5 Å². The molecule has 0 aliphatic heterocycles. The molecular weight excluding hydrogens is 214 g/mol. The molecule has 0 bridgehead atoms. The Hall–Kier alpha value is -0.870. The van der Waals surface area contributed by atoms with E-state index in [2.05, 4.69) is 22.2 Å². The molecule has 2 unspecified atom stereocenters. The van der Waals surface area contributed by atoms with Gasteiger partial charge in [0.15, 0.2) is 0 Å². The van der Waals surface area contributed by atoms with Gasteiger partial charge in [-0.2, -0.15) is 0 Å². The van der Waals surface area contributed by atoms with Crippen molar-refractivity contribution in [1.29, 1.82) is 0 Å². The lowest BCUT2D eigenvalue weighted by Crippen LogP contribution is -2.66. The summed E-state index contributed by atoms with van der Waals surface area (Å²) < 4.78 is 5.84. The number of hydrogen-bond donors (Lipinski definition) is 2. The predicted molar refractivity (Wildman–Crippen MR) is 65.5 cm³/mol. The number of nitrogens with zero attached hydrogens (tertiary/aromatic N) is 1. The lowest BCUT2D eigenvalue weighted by Gasteiger charge is -2.61. The second-order valence-electron chi connectivity index (χ2n) is 5.28. The van der Waals surface area contributed by atoms with Crippen LogP contribution in [-0.4, -0.2) is 28.7 Å². The SMILES string of the molecule is CCOC1CC(NCc2cnc[nH]2)C12CCC2. The van der Waals surface area contributed by atoms with Gasteiger partial charge in [-0.3, -0.25) is 0 Å². The highest BCUT2D eigenvalue weighted by molar-refractivity contribution is 5.12. The summed E-state index contributed by atoms with van der Waals surface area (Å²) in [6.07, 6.45) is 9.32. The molecule has 1 aromatic rings. The highest BCUT2D eigenvalue weighted by atomic mass is 16.5. The maximum absolute atomic E-state index is 5.84. The molecule has 2 atom stereocenters. The van der Waals surface area contributed by atoms with Crippen molar-refractivity contribution in [3.63, 3.8) is 0 Å². The van der Waals surface area contributed by atoms with E-state index in [1.807, 2.05) is 6.20 Å². The second-order valence-corrected chi connectivity index (χ2v) is 5.28. The van der Waals surface area contributed by atoms with Crippen molar-refractivity contribution in [1.82, 2.24) is 15.3 Å². The van der Waals surface area contributed by atoms with Crippen molar-refractivity contribution >= 4 is 0 Å². The van der Waals surface area contributed by atoms with E-state index in [1.165, 1.54) is 31.4 Å². The number of imidazole rings is 1. The molecule has 4 heteroatoms. The first-order valence-electron chi connectivity index (χ1n) is 6.67. The smallest absolute Gasteiger partial charge is 0.0922 e. The van der Waals surface area contributed by atoms with Gasteiger partial charge in [-0.15, -0.1) is 0 Å². The second kappa shape index (κ2) is 4.42. The van der Waals surface area contributed by atoms with Gasteiger partial charge < -0.3 is 15.0 Å². The molecule has 2 aliphatic carbocycles. The van der Waals surface area contributed by atoms with Crippen LogP contribution in [0.15, 0.2) is 12.5 Å². The minimum absolute atomic E-state index is 0.454. The first-order chi connectivity index (χ1) is 8.35. The molecule has 0 amide bonds. The summed E-state index contributed by atoms with van der Waals surface area (Å²) in [6.45, 7) is 3.84. The van der Waals surface area contributed by atoms with Crippen LogP contribution in [0.1, 0.15) is 38.3 Å². The maximum atomic E-state index is 5.84. The molecule has 1 heterocycles. The number of ether oxygens (including phenoxy) is 1. The van der Waals surface area contributed by atoms with Crippen molar-refractivity contribution < 1.29 is 4.74 Å². The molecule has 17 heavy (non-hydrogen) atoms. The first-order valence-corrected chi connectivity index (χ1v) is 6.67. The number of hydrogen-bond acceptors (Lipinski definition) is 3. The zero-order valence-electron chi connectivity index (χ0n) is 10.4. The zero-order valence-corrected chi connectivity index (χ0v) is 10.4. The molecule has 2 saturated carbocycles. The summed E-state index contributed by atoms with van der Waals surface area (Å²) in [7, 11) is 0. The van der Waals surface area contributed by atoms with Gasteiger partial charge in [0.25, 0.3) is 0 Å². The van der Waals surface area contributed by atoms with E-state index >= 15 is 0 Å². The summed E-state index contributed by atoms with van der Waals surface area (Å²) in [5, 5.41) is 3.65. The van der Waals surface area contributed by atoms with Crippen molar-refractivity contribution in [2.75, 3.05) is 6.61 Å². The topological polar surface area (TPSA) is 49.9 Å². The Bertz CT molecular complexity index is 359. The van der Waals surface area contributed by atoms with E-state index in [0.29, 0.717) is 17.6 Å². The Labute approximate surface area is 102 Å². The highest BCUT2D eigenvalue weighted by Gasteiger charge is 2.58. The van der Waals surface area contributed by atoms with Gasteiger partial charge in [-0.05, 0) is 26.2 Å². The van der Waals surface area contributed by atoms with E-state index in [4.69, 9.17) is 4.74 Å². The van der Waals surface area contributed by atoms with Crippen LogP contribution in [0.25, 0.3) is 0 Å². The van der Waals surface area contributed by atoms with Gasteiger partial charge in [0.05, 0.1) is 12.4 Å². The summed E-state index contributed by atoms with van der Waals surface area (Å²) in [4.78, 5) is 7.17. The fraction of sp³-hybridized carbons (Fsp3) is 0.769. The molecule has 1 spiro atoms. The molecule has 2 aliphatic rings. The lowest BCUT2D eigenvalue weighted by atomic mass is 9.51. The molecule has 0 aromatic carbocycles. The van der Waals surface area contributed by atoms with Crippen molar-refractivity contribution in [2.24, 2.45) is 5.41 Å². The van der Waals surface area contributed by atoms with E-state index in [-0.39, 0.29) is 0 Å². The molecule has 1 aromatic heterocycles. The monoisotopic (exact) mass is 235 g/mol. The molecule has 3 rings (SSSR count). The third-order valence-corrected chi connectivity index (χ3v) is 4.53. The van der Waals surface area contributed by atoms with Crippen molar-refractivity contribution in [2.45, 2.75) is 51.3 Å². The molecule has 4 nitrogen and oxygen atoms in total. The van der Waals surface area contributed by atoms with Crippen molar-refractivity contribution in [3.05, 3.63) is 18.2 Å². The van der Waals surface area contributed by atoms with E-state index < -0.39 is 0 Å². The molecular formula is C13H21N3O. The van der Waals surface area contributed by atoms with Crippen LogP contribution in [0.5, 0.6) is 0 Å². The average molecular weight is 235 g/mol. The molecule has 0 radical (unpaired) electrons. The largest absolute Gasteiger partial charge is 0.378 e. The van der Waals surface area contributed by atoms with Gasteiger partial charge in [-0.1, -0.05) is 6.42 Å². The third-order valence-electron chi connectivity index (χ3n) is 4.53. The lowest BCUT2D eigenvalue weighted by molar-refractivity contribution is -0.173. The normalized spacial score (nSPS) is 29.9. The average Bonchev–Trinajstić information content (AvgIpc) is 2.72. The quantitative estimate of drug-likeness (QED) is 0.819. The third kappa shape index (κ3) is 1.79. The summed E-state index contributed by atoms with van der Waals surface area (Å²) in [6, 6.07) is 0.635. The zero-order chi connectivity index (χ0) is 11.7. The summed E-state index contributed by atoms with van der Waals surface area (Å²) in [5.41, 5.74) is 1.62. The van der Waals surface area contributed by atoms with Crippen LogP contribution in [-0.2, 0) is 11.3 Å². The maximum Gasteiger partial charge on any atom is 0.0922 e. The Balaban J connectivity index is 1.55. The standard InChI is InChI=1S/C13H21N3O/c1-2-17-12-6-11(13(12)4-3-5-13)15-8-10-7-14-9-16-10/h7,9,11-12,15H,2-6,8H2,1H3,(H,14,16). The van der Waals surface area contributed by atoms with Crippen LogP contribution in [0, 0.1) is 5.41 Å². The van der Waals surface area contributed by atoms with Gasteiger partial charge in [-0.25, -0.2) is 4.98 Å². The van der Waals surface area contributed by atoms with Crippen molar-refractivity contribution in [3.8, 4) is 0 Å². The number of rotatable bonds is 5. The minimum Gasteiger partial charge on any atom is -0.378 e. The molecule has 2 N–H and O–H groups in total. The number of H-pyrrole nitrogens is 1. The Kier molecular flexibility index (Phi) is 2.92. The minimum atomic E-state index is 0.454. The number of aromatic nitrogens is 2. The van der Waals surface area contributed by atoms with Crippen LogP contribution in [0.3, 0.4) is 0 Å². The fourth-order valence-electron chi connectivity index (χ4n) is 3.34. The number of aromatic amines is 1. The fourth-order valence-corrected chi connectivity index (χ4v) is 3.34. The van der Waals surface area contributed by atoms with Crippen LogP contribution in [0.4, 0.5) is 0 Å². The molecule has 0 saturated heterocycles. The van der Waals surface area contributed by atoms with Crippen LogP contribution < -0.4 is 5.32 Å². The first kappa shape index (κ1) is 11.2.